The van der Waals surface area contributed by atoms with E-state index in [4.69, 9.17) is 5.73 Å². The van der Waals surface area contributed by atoms with Crippen LogP contribution in [0.1, 0.15) is 31.8 Å². The number of nitrogens with one attached hydrogen (secondary N) is 1. The first-order valence-electron chi connectivity index (χ1n) is 12.1. The zero-order chi connectivity index (χ0) is 26.5. The molecule has 0 atom stereocenters. The van der Waals surface area contributed by atoms with E-state index in [1.807, 2.05) is 84.9 Å². The normalized spacial score (nSPS) is 11.5. The monoisotopic (exact) mass is 496 g/mol. The molecule has 1 aromatic heterocycles. The molecule has 0 saturated carbocycles. The van der Waals surface area contributed by atoms with E-state index in [1.165, 1.54) is 0 Å². The number of nitrogens with two attached hydrogens (primary N) is 1. The lowest BCUT2D eigenvalue weighted by atomic mass is 9.83. The number of fused-ring (bicyclic) bond motifs is 4. The topological polar surface area (TPSA) is 93.0 Å². The maximum absolute atomic E-state index is 12.2. The van der Waals surface area contributed by atoms with E-state index in [1.54, 1.807) is 42.5 Å². The van der Waals surface area contributed by atoms with E-state index in [9.17, 15) is 14.4 Å². The van der Waals surface area contributed by atoms with Crippen LogP contribution in [0, 0.1) is 0 Å². The molecule has 1 aliphatic rings. The molecule has 5 heteroatoms. The third-order valence-corrected chi connectivity index (χ3v) is 6.26. The number of nitrogen functional groups attached to an aromatic ring is 1. The molecule has 1 heterocycles. The SMILES string of the molecule is Nc1cccc2c1C(=O)c1ccccc1C2=O.O=c1c2ccccc2[nH]c2ccccc12.c1ccccc1. The first-order valence-corrected chi connectivity index (χ1v) is 12.1. The first-order chi connectivity index (χ1) is 18.6. The van der Waals surface area contributed by atoms with Crippen molar-refractivity contribution in [3.05, 3.63) is 160 Å². The van der Waals surface area contributed by atoms with Crippen molar-refractivity contribution in [3.8, 4) is 0 Å². The molecule has 0 unspecified atom stereocenters. The van der Waals surface area contributed by atoms with E-state index >= 15 is 0 Å². The lowest BCUT2D eigenvalue weighted by molar-refractivity contribution is 0.0979. The average Bonchev–Trinajstić information content (AvgIpc) is 2.98. The second-order valence-electron chi connectivity index (χ2n) is 8.67. The number of rotatable bonds is 0. The molecule has 3 N–H and O–H groups in total. The van der Waals surface area contributed by atoms with E-state index < -0.39 is 0 Å². The van der Waals surface area contributed by atoms with Gasteiger partial charge in [-0.05, 0) is 30.3 Å². The molecule has 5 nitrogen and oxygen atoms in total. The van der Waals surface area contributed by atoms with Crippen LogP contribution in [0.25, 0.3) is 21.8 Å². The fourth-order valence-electron chi connectivity index (χ4n) is 4.43. The molecular formula is C33H24N2O3. The lowest BCUT2D eigenvalue weighted by Gasteiger charge is -2.18. The molecule has 5 aromatic carbocycles. The van der Waals surface area contributed by atoms with Crippen molar-refractivity contribution in [2.24, 2.45) is 0 Å². The summed E-state index contributed by atoms with van der Waals surface area (Å²) in [6, 6.07) is 38.9. The number of hydrogen-bond donors (Lipinski definition) is 2. The largest absolute Gasteiger partial charge is 0.398 e. The van der Waals surface area contributed by atoms with Crippen molar-refractivity contribution in [2.45, 2.75) is 0 Å². The minimum absolute atomic E-state index is 0.0972. The number of pyridine rings is 1. The van der Waals surface area contributed by atoms with Crippen molar-refractivity contribution in [1.82, 2.24) is 4.98 Å². The van der Waals surface area contributed by atoms with Gasteiger partial charge in [-0.15, -0.1) is 0 Å². The summed E-state index contributed by atoms with van der Waals surface area (Å²) in [7, 11) is 0. The van der Waals surface area contributed by atoms with Crippen LogP contribution < -0.4 is 11.2 Å². The zero-order valence-electron chi connectivity index (χ0n) is 20.4. The molecule has 0 amide bonds. The summed E-state index contributed by atoms with van der Waals surface area (Å²) in [5.74, 6) is -0.309. The second kappa shape index (κ2) is 10.8. The van der Waals surface area contributed by atoms with Gasteiger partial charge in [0.15, 0.2) is 17.0 Å². The van der Waals surface area contributed by atoms with Gasteiger partial charge in [-0.3, -0.25) is 14.4 Å². The van der Waals surface area contributed by atoms with Crippen molar-refractivity contribution in [1.29, 1.82) is 0 Å². The molecule has 6 aromatic rings. The number of carbonyl (C=O) groups is 2. The zero-order valence-corrected chi connectivity index (χ0v) is 20.4. The van der Waals surface area contributed by atoms with Gasteiger partial charge in [0.2, 0.25) is 0 Å². The van der Waals surface area contributed by atoms with E-state index in [-0.39, 0.29) is 17.0 Å². The third-order valence-electron chi connectivity index (χ3n) is 6.26. The van der Waals surface area contributed by atoms with Crippen LogP contribution >= 0.6 is 0 Å². The molecule has 184 valence electrons. The quantitative estimate of drug-likeness (QED) is 0.187. The van der Waals surface area contributed by atoms with Crippen molar-refractivity contribution < 1.29 is 9.59 Å². The van der Waals surface area contributed by atoms with Gasteiger partial charge < -0.3 is 10.7 Å². The summed E-state index contributed by atoms with van der Waals surface area (Å²) in [6.07, 6.45) is 0. The van der Waals surface area contributed by atoms with Crippen LogP contribution in [0.5, 0.6) is 0 Å². The Morgan fingerprint density at radius 1 is 0.447 bits per heavy atom. The highest BCUT2D eigenvalue weighted by Gasteiger charge is 2.30. The highest BCUT2D eigenvalue weighted by molar-refractivity contribution is 6.30. The highest BCUT2D eigenvalue weighted by atomic mass is 16.1. The Morgan fingerprint density at radius 2 is 0.895 bits per heavy atom. The van der Waals surface area contributed by atoms with Crippen LogP contribution in [-0.2, 0) is 0 Å². The Labute approximate surface area is 219 Å². The van der Waals surface area contributed by atoms with Crippen LogP contribution in [0.3, 0.4) is 0 Å². The molecule has 0 aliphatic heterocycles. The Hall–Kier alpha value is -5.29. The lowest BCUT2D eigenvalue weighted by Crippen LogP contribution is -2.22. The number of carbonyl (C=O) groups excluding carboxylic acids is 2. The smallest absolute Gasteiger partial charge is 0.197 e. The van der Waals surface area contributed by atoms with Crippen LogP contribution in [0.4, 0.5) is 5.69 Å². The van der Waals surface area contributed by atoms with Crippen LogP contribution in [-0.4, -0.2) is 16.6 Å². The number of hydrogen-bond acceptors (Lipinski definition) is 4. The van der Waals surface area contributed by atoms with Gasteiger partial charge in [0.1, 0.15) is 0 Å². The van der Waals surface area contributed by atoms with Crippen molar-refractivity contribution in [2.75, 3.05) is 5.73 Å². The standard InChI is InChI=1S/C14H9NO2.C13H9NO.C6H6/c15-11-7-3-6-10-12(11)14(17)9-5-2-1-4-8(9)13(10)16;15-13-9-5-1-3-7-11(9)14-12-8-4-2-6-10(12)13;1-2-4-6-5-3-1/h1-7H,15H2;1-8H,(H,14,15);1-6H. The van der Waals surface area contributed by atoms with Crippen LogP contribution in [0.15, 0.2) is 132 Å². The Balaban J connectivity index is 0.000000128. The fourth-order valence-corrected chi connectivity index (χ4v) is 4.43. The van der Waals surface area contributed by atoms with Crippen molar-refractivity contribution >= 4 is 39.1 Å². The van der Waals surface area contributed by atoms with E-state index in [0.29, 0.717) is 27.9 Å². The number of ketones is 2. The molecule has 1 aliphatic carbocycles. The van der Waals surface area contributed by atoms with Gasteiger partial charge in [0, 0.05) is 44.2 Å². The van der Waals surface area contributed by atoms with E-state index in [0.717, 1.165) is 21.8 Å². The molecule has 0 bridgehead atoms. The number of anilines is 1. The predicted octanol–water partition coefficient (Wildman–Crippen LogP) is 6.41. The van der Waals surface area contributed by atoms with Crippen LogP contribution in [0.2, 0.25) is 0 Å². The first kappa shape index (κ1) is 24.4. The summed E-state index contributed by atoms with van der Waals surface area (Å²) < 4.78 is 0. The number of benzene rings is 5. The number of aromatic amines is 1. The third kappa shape index (κ3) is 4.73. The summed E-state index contributed by atoms with van der Waals surface area (Å²) >= 11 is 0. The summed E-state index contributed by atoms with van der Waals surface area (Å²) in [5, 5.41) is 1.49. The minimum Gasteiger partial charge on any atom is -0.398 e. The van der Waals surface area contributed by atoms with E-state index in [2.05, 4.69) is 4.98 Å². The molecule has 0 fully saturated rings. The number of H-pyrrole nitrogens is 1. The van der Waals surface area contributed by atoms with Gasteiger partial charge in [-0.1, -0.05) is 97.1 Å². The Bertz CT molecular complexity index is 1760. The highest BCUT2D eigenvalue weighted by Crippen LogP contribution is 2.30. The maximum Gasteiger partial charge on any atom is 0.197 e. The van der Waals surface area contributed by atoms with Gasteiger partial charge in [-0.25, -0.2) is 0 Å². The minimum atomic E-state index is -0.173. The molecule has 38 heavy (non-hydrogen) atoms. The molecule has 7 rings (SSSR count). The van der Waals surface area contributed by atoms with Gasteiger partial charge in [-0.2, -0.15) is 0 Å². The average molecular weight is 497 g/mol. The predicted molar refractivity (Wildman–Crippen MR) is 153 cm³/mol. The number of aromatic nitrogens is 1. The summed E-state index contributed by atoms with van der Waals surface area (Å²) in [4.78, 5) is 39.8. The molecule has 0 spiro atoms. The Morgan fingerprint density at radius 3 is 1.45 bits per heavy atom. The fraction of sp³-hybridized carbons (Fsp3) is 0. The second-order valence-corrected chi connectivity index (χ2v) is 8.67. The van der Waals surface area contributed by atoms with Crippen molar-refractivity contribution in [3.63, 3.8) is 0 Å². The summed E-state index contributed by atoms with van der Waals surface area (Å²) in [5.41, 5.74) is 9.63. The van der Waals surface area contributed by atoms with Gasteiger partial charge in [0.05, 0.1) is 5.56 Å². The molecule has 0 radical (unpaired) electrons. The van der Waals surface area contributed by atoms with Gasteiger partial charge >= 0.3 is 0 Å². The van der Waals surface area contributed by atoms with Gasteiger partial charge in [0.25, 0.3) is 0 Å². The maximum atomic E-state index is 12.2. The molecule has 0 saturated heterocycles. The Kier molecular flexibility index (Phi) is 6.91. The number of para-hydroxylation sites is 2. The molecular weight excluding hydrogens is 472 g/mol. The summed E-state index contributed by atoms with van der Waals surface area (Å²) in [6.45, 7) is 0.